The largest absolute Gasteiger partial charge is 0.467 e. The van der Waals surface area contributed by atoms with Crippen LogP contribution in [0.5, 0.6) is 0 Å². The lowest BCUT2D eigenvalue weighted by atomic mass is 10.2. The molecule has 0 amide bonds. The minimum atomic E-state index is -4.60. The molecule has 0 aliphatic carbocycles. The minimum Gasteiger partial charge on any atom is -0.467 e. The fourth-order valence-electron chi connectivity index (χ4n) is 2.31. The average molecular weight is 348 g/mol. The second-order valence-corrected chi connectivity index (χ2v) is 5.67. The van der Waals surface area contributed by atoms with Crippen molar-refractivity contribution in [3.63, 3.8) is 0 Å². The molecule has 1 unspecified atom stereocenters. The molecule has 0 radical (unpaired) electrons. The van der Waals surface area contributed by atoms with E-state index in [0.717, 1.165) is 6.07 Å². The van der Waals surface area contributed by atoms with Gasteiger partial charge in [0.25, 0.3) is 0 Å². The summed E-state index contributed by atoms with van der Waals surface area (Å²) in [4.78, 5) is 22.4. The number of methoxy groups -OCH3 is 1. The van der Waals surface area contributed by atoms with Crippen LogP contribution in [0.1, 0.15) is 12.6 Å². The third kappa shape index (κ3) is 4.05. The van der Waals surface area contributed by atoms with E-state index in [4.69, 9.17) is 4.74 Å². The van der Waals surface area contributed by atoms with E-state index in [1.165, 1.54) is 16.9 Å². The van der Waals surface area contributed by atoms with E-state index in [1.54, 1.807) is 21.0 Å². The summed E-state index contributed by atoms with van der Waals surface area (Å²) in [7, 11) is 4.40. The summed E-state index contributed by atoms with van der Waals surface area (Å²) in [6.45, 7) is 2.00. The van der Waals surface area contributed by atoms with Gasteiger partial charge in [-0.15, -0.1) is 0 Å². The van der Waals surface area contributed by atoms with Crippen LogP contribution >= 0.6 is 0 Å². The van der Waals surface area contributed by atoms with Crippen molar-refractivity contribution in [1.29, 1.82) is 0 Å². The van der Waals surface area contributed by atoms with Crippen molar-refractivity contribution in [2.24, 2.45) is 0 Å². The van der Waals surface area contributed by atoms with Crippen LogP contribution in [0.3, 0.4) is 0 Å². The fourth-order valence-corrected chi connectivity index (χ4v) is 2.31. The van der Waals surface area contributed by atoms with Gasteiger partial charge in [0.2, 0.25) is 5.95 Å². The Morgan fingerprint density at radius 1 is 1.38 bits per heavy atom. The van der Waals surface area contributed by atoms with Crippen LogP contribution in [0.4, 0.5) is 24.9 Å². The Morgan fingerprint density at radius 3 is 2.58 bits per heavy atom. The van der Waals surface area contributed by atoms with Gasteiger partial charge in [-0.25, -0.2) is 9.78 Å². The van der Waals surface area contributed by atoms with Gasteiger partial charge in [-0.1, -0.05) is 0 Å². The van der Waals surface area contributed by atoms with Gasteiger partial charge in [0, 0.05) is 26.7 Å². The summed E-state index contributed by atoms with van der Waals surface area (Å²) in [5, 5.41) is 0. The normalized spacial score (nSPS) is 21.5. The zero-order chi connectivity index (χ0) is 18.1. The van der Waals surface area contributed by atoms with Crippen molar-refractivity contribution in [2.75, 3.05) is 44.1 Å². The van der Waals surface area contributed by atoms with Gasteiger partial charge in [-0.05, 0) is 6.92 Å². The first-order chi connectivity index (χ1) is 11.1. The van der Waals surface area contributed by atoms with E-state index >= 15 is 0 Å². The number of carbonyl (C=O) groups is 1. The highest BCUT2D eigenvalue weighted by molar-refractivity contribution is 5.75. The van der Waals surface area contributed by atoms with Crippen molar-refractivity contribution in [2.45, 2.75) is 25.3 Å². The quantitative estimate of drug-likeness (QED) is 0.764. The molecule has 1 fully saturated rings. The zero-order valence-electron chi connectivity index (χ0n) is 13.8. The lowest BCUT2D eigenvalue weighted by Crippen LogP contribution is -2.50. The van der Waals surface area contributed by atoms with E-state index in [9.17, 15) is 18.0 Å². The van der Waals surface area contributed by atoms with Gasteiger partial charge < -0.3 is 19.3 Å². The Kier molecular flexibility index (Phi) is 5.16. The summed E-state index contributed by atoms with van der Waals surface area (Å²) in [5.74, 6) is -0.565. The molecule has 1 aliphatic rings. The number of ether oxygens (including phenoxy) is 2. The summed E-state index contributed by atoms with van der Waals surface area (Å²) in [5.41, 5.74) is -1.04. The van der Waals surface area contributed by atoms with Gasteiger partial charge >= 0.3 is 12.1 Å². The molecule has 2 heterocycles. The van der Waals surface area contributed by atoms with Crippen LogP contribution < -0.4 is 9.80 Å². The number of rotatable bonds is 3. The van der Waals surface area contributed by atoms with Crippen molar-refractivity contribution in [1.82, 2.24) is 9.97 Å². The minimum absolute atomic E-state index is 0.0190. The lowest BCUT2D eigenvalue weighted by molar-refractivity contribution is -0.158. The number of hydrogen-bond acceptors (Lipinski definition) is 7. The maximum absolute atomic E-state index is 13.1. The number of carbonyl (C=O) groups excluding carboxylic acids is 1. The smallest absolute Gasteiger partial charge is 0.433 e. The van der Waals surface area contributed by atoms with E-state index in [2.05, 4.69) is 14.7 Å². The highest BCUT2D eigenvalue weighted by Gasteiger charge is 2.37. The fraction of sp³-hybridized carbons (Fsp3) is 0.643. The molecule has 1 aromatic heterocycles. The van der Waals surface area contributed by atoms with E-state index in [1.807, 2.05) is 0 Å². The molecule has 1 saturated heterocycles. The van der Waals surface area contributed by atoms with E-state index in [-0.39, 0.29) is 31.0 Å². The van der Waals surface area contributed by atoms with E-state index in [0.29, 0.717) is 0 Å². The molecular formula is C14H19F3N4O3. The van der Waals surface area contributed by atoms with Crippen LogP contribution in [-0.4, -0.2) is 62.4 Å². The summed E-state index contributed by atoms with van der Waals surface area (Å²) >= 11 is 0. The maximum atomic E-state index is 13.1. The zero-order valence-corrected chi connectivity index (χ0v) is 13.8. The number of halogens is 3. The Hall–Kier alpha value is -2.10. The molecule has 0 aromatic carbocycles. The molecule has 24 heavy (non-hydrogen) atoms. The Labute approximate surface area is 137 Å². The SMILES string of the molecule is COC(=O)C1CN(c2nc(N(C)C)cc(C(F)(F)F)n2)C[C@H](C)O1. The molecule has 7 nitrogen and oxygen atoms in total. The monoisotopic (exact) mass is 348 g/mol. The number of alkyl halides is 3. The predicted octanol–water partition coefficient (Wildman–Crippen LogP) is 1.33. The topological polar surface area (TPSA) is 67.8 Å². The predicted molar refractivity (Wildman–Crippen MR) is 79.9 cm³/mol. The van der Waals surface area contributed by atoms with Crippen molar-refractivity contribution >= 4 is 17.7 Å². The highest BCUT2D eigenvalue weighted by Crippen LogP contribution is 2.31. The number of anilines is 2. The molecule has 2 atom stereocenters. The highest BCUT2D eigenvalue weighted by atomic mass is 19.4. The molecule has 0 saturated carbocycles. The number of hydrogen-bond donors (Lipinski definition) is 0. The van der Waals surface area contributed by atoms with Crippen LogP contribution in [0.15, 0.2) is 6.07 Å². The average Bonchev–Trinajstić information content (AvgIpc) is 2.52. The molecule has 2 rings (SSSR count). The van der Waals surface area contributed by atoms with Gasteiger partial charge in [-0.2, -0.15) is 18.2 Å². The van der Waals surface area contributed by atoms with Crippen molar-refractivity contribution < 1.29 is 27.4 Å². The molecular weight excluding hydrogens is 329 g/mol. The summed E-state index contributed by atoms with van der Waals surface area (Å²) in [6.07, 6.45) is -5.88. The summed E-state index contributed by atoms with van der Waals surface area (Å²) in [6, 6.07) is 0.880. The van der Waals surface area contributed by atoms with Crippen LogP contribution in [0, 0.1) is 0 Å². The summed E-state index contributed by atoms with van der Waals surface area (Å²) < 4.78 is 49.4. The number of esters is 1. The molecule has 0 N–H and O–H groups in total. The lowest BCUT2D eigenvalue weighted by Gasteiger charge is -2.35. The Balaban J connectivity index is 2.39. The molecule has 0 bridgehead atoms. The van der Waals surface area contributed by atoms with Crippen molar-refractivity contribution in [3.8, 4) is 0 Å². The van der Waals surface area contributed by atoms with Gasteiger partial charge in [-0.3, -0.25) is 0 Å². The number of morpholine rings is 1. The van der Waals surface area contributed by atoms with Crippen molar-refractivity contribution in [3.05, 3.63) is 11.8 Å². The second-order valence-electron chi connectivity index (χ2n) is 5.67. The van der Waals surface area contributed by atoms with Gasteiger partial charge in [0.1, 0.15) is 5.82 Å². The number of aromatic nitrogens is 2. The maximum Gasteiger partial charge on any atom is 0.433 e. The first-order valence-electron chi connectivity index (χ1n) is 7.23. The standard InChI is InChI=1S/C14H19F3N4O3/c1-8-6-21(7-9(24-8)12(22)23-4)13-18-10(14(15,16)17)5-11(19-13)20(2)3/h5,8-9H,6-7H2,1-4H3/t8-,9?/m0/s1. The van der Waals surface area contributed by atoms with Crippen LogP contribution in [0.2, 0.25) is 0 Å². The molecule has 1 aliphatic heterocycles. The third-order valence-corrected chi connectivity index (χ3v) is 3.46. The van der Waals surface area contributed by atoms with Crippen LogP contribution in [-0.2, 0) is 20.4 Å². The van der Waals surface area contributed by atoms with Crippen LogP contribution in [0.25, 0.3) is 0 Å². The first kappa shape index (κ1) is 18.2. The number of nitrogens with zero attached hydrogens (tertiary/aromatic N) is 4. The second kappa shape index (κ2) is 6.80. The molecule has 10 heteroatoms. The van der Waals surface area contributed by atoms with E-state index < -0.39 is 23.9 Å². The van der Waals surface area contributed by atoms with Gasteiger partial charge in [0.05, 0.1) is 19.8 Å². The third-order valence-electron chi connectivity index (χ3n) is 3.46. The molecule has 0 spiro atoms. The first-order valence-corrected chi connectivity index (χ1v) is 7.23. The Bertz CT molecular complexity index is 609. The molecule has 134 valence electrons. The molecule has 1 aromatic rings. The van der Waals surface area contributed by atoms with Gasteiger partial charge in [0.15, 0.2) is 11.8 Å². The Morgan fingerprint density at radius 2 is 2.04 bits per heavy atom.